The largest absolute Gasteiger partial charge is 0.478 e. The number of H-pyrrole nitrogens is 1. The van der Waals surface area contributed by atoms with E-state index in [4.69, 9.17) is 0 Å². The van der Waals surface area contributed by atoms with Crippen molar-refractivity contribution in [3.63, 3.8) is 0 Å². The summed E-state index contributed by atoms with van der Waals surface area (Å²) >= 11 is 6.42. The van der Waals surface area contributed by atoms with Crippen LogP contribution >= 0.6 is 67.8 Å². The van der Waals surface area contributed by atoms with Gasteiger partial charge < -0.3 is 15.4 Å². The Morgan fingerprint density at radius 1 is 1.24 bits per heavy atom. The number of hydrogen-bond donors (Lipinski definition) is 3. The molecule has 0 atom stereocenters. The highest BCUT2D eigenvalue weighted by molar-refractivity contribution is 14.1. The highest BCUT2D eigenvalue weighted by Gasteiger charge is 2.19. The fourth-order valence-electron chi connectivity index (χ4n) is 1.81. The maximum absolute atomic E-state index is 12.4. The summed E-state index contributed by atoms with van der Waals surface area (Å²) in [5, 5.41) is 11.8. The second-order valence-electron chi connectivity index (χ2n) is 4.21. The third-order valence-electron chi connectivity index (χ3n) is 2.78. The first-order valence-corrected chi connectivity index (χ1v) is 8.92. The smallest absolute Gasteiger partial charge is 0.339 e. The topological polar surface area (TPSA) is 82.2 Å². The monoisotopic (exact) mass is 622 g/mol. The van der Waals surface area contributed by atoms with Crippen LogP contribution in [0.4, 0.5) is 5.69 Å². The van der Waals surface area contributed by atoms with Crippen LogP contribution in [-0.2, 0) is 0 Å². The summed E-state index contributed by atoms with van der Waals surface area (Å²) in [6.45, 7) is 1.65. The van der Waals surface area contributed by atoms with E-state index in [9.17, 15) is 14.7 Å². The standard InChI is InChI=1S/C13H9I3N2O3/c1-5-10(13(20)21)9(4-17-5)18-12(19)7-2-6(14)3-8(15)11(7)16/h2-4,17H,1H3,(H,18,19)(H,20,21). The molecular formula is C13H9I3N2O3. The van der Waals surface area contributed by atoms with Gasteiger partial charge in [-0.3, -0.25) is 4.79 Å². The van der Waals surface area contributed by atoms with Crippen molar-refractivity contribution in [3.05, 3.63) is 45.9 Å². The predicted molar refractivity (Wildman–Crippen MR) is 105 cm³/mol. The lowest BCUT2D eigenvalue weighted by atomic mass is 10.2. The molecular weight excluding hydrogens is 613 g/mol. The van der Waals surface area contributed by atoms with E-state index in [1.807, 2.05) is 6.07 Å². The molecule has 1 heterocycles. The Morgan fingerprint density at radius 2 is 1.90 bits per heavy atom. The number of carboxylic acids is 1. The molecule has 0 bridgehead atoms. The molecule has 1 aromatic heterocycles. The molecule has 0 aliphatic heterocycles. The van der Waals surface area contributed by atoms with Gasteiger partial charge in [-0.2, -0.15) is 0 Å². The quantitative estimate of drug-likeness (QED) is 0.357. The summed E-state index contributed by atoms with van der Waals surface area (Å²) in [5.41, 5.74) is 1.39. The summed E-state index contributed by atoms with van der Waals surface area (Å²) < 4.78 is 2.77. The minimum Gasteiger partial charge on any atom is -0.478 e. The van der Waals surface area contributed by atoms with Gasteiger partial charge in [-0.25, -0.2) is 4.79 Å². The first-order valence-electron chi connectivity index (χ1n) is 5.68. The van der Waals surface area contributed by atoms with Crippen LogP contribution in [0.5, 0.6) is 0 Å². The summed E-state index contributed by atoms with van der Waals surface area (Å²) in [4.78, 5) is 26.4. The highest BCUT2D eigenvalue weighted by atomic mass is 127. The van der Waals surface area contributed by atoms with Gasteiger partial charge in [-0.15, -0.1) is 0 Å². The number of carbonyl (C=O) groups is 2. The van der Waals surface area contributed by atoms with E-state index in [0.29, 0.717) is 11.3 Å². The third-order valence-corrected chi connectivity index (χ3v) is 6.44. The van der Waals surface area contributed by atoms with Crippen LogP contribution in [0.25, 0.3) is 0 Å². The number of hydrogen-bond acceptors (Lipinski definition) is 2. The average Bonchev–Trinajstić information content (AvgIpc) is 2.74. The number of carbonyl (C=O) groups excluding carboxylic acids is 1. The molecule has 110 valence electrons. The molecule has 2 aromatic rings. The minimum absolute atomic E-state index is 0.0821. The molecule has 1 amide bonds. The molecule has 21 heavy (non-hydrogen) atoms. The second kappa shape index (κ2) is 6.81. The van der Waals surface area contributed by atoms with Gasteiger partial charge >= 0.3 is 5.97 Å². The van der Waals surface area contributed by atoms with Crippen molar-refractivity contribution in [2.45, 2.75) is 6.92 Å². The Kier molecular flexibility index (Phi) is 5.51. The van der Waals surface area contributed by atoms with Gasteiger partial charge in [0, 0.05) is 22.6 Å². The number of aromatic carboxylic acids is 1. The van der Waals surface area contributed by atoms with Crippen molar-refractivity contribution in [1.82, 2.24) is 4.98 Å². The molecule has 0 aliphatic rings. The molecule has 0 saturated carbocycles. The van der Waals surface area contributed by atoms with Crippen LogP contribution in [-0.4, -0.2) is 22.0 Å². The van der Waals surface area contributed by atoms with Crippen molar-refractivity contribution >= 4 is 85.3 Å². The van der Waals surface area contributed by atoms with Crippen molar-refractivity contribution in [2.75, 3.05) is 5.32 Å². The molecule has 8 heteroatoms. The van der Waals surface area contributed by atoms with Gasteiger partial charge in [0.1, 0.15) is 5.56 Å². The van der Waals surface area contributed by atoms with E-state index < -0.39 is 5.97 Å². The van der Waals surface area contributed by atoms with E-state index >= 15 is 0 Å². The van der Waals surface area contributed by atoms with Gasteiger partial charge in [-0.05, 0) is 86.8 Å². The molecule has 1 aromatic carbocycles. The average molecular weight is 622 g/mol. The van der Waals surface area contributed by atoms with Crippen molar-refractivity contribution in [1.29, 1.82) is 0 Å². The van der Waals surface area contributed by atoms with Gasteiger partial charge in [0.2, 0.25) is 0 Å². The Labute approximate surface area is 161 Å². The van der Waals surface area contributed by atoms with Crippen LogP contribution in [0.2, 0.25) is 0 Å². The molecule has 0 saturated heterocycles. The van der Waals surface area contributed by atoms with Crippen LogP contribution in [0.15, 0.2) is 18.3 Å². The van der Waals surface area contributed by atoms with Crippen molar-refractivity contribution in [3.8, 4) is 0 Å². The number of nitrogens with one attached hydrogen (secondary N) is 2. The lowest BCUT2D eigenvalue weighted by Gasteiger charge is -2.09. The van der Waals surface area contributed by atoms with Gasteiger partial charge in [0.25, 0.3) is 5.91 Å². The minimum atomic E-state index is -1.07. The normalized spacial score (nSPS) is 10.5. The van der Waals surface area contributed by atoms with E-state index in [2.05, 4.69) is 78.1 Å². The summed E-state index contributed by atoms with van der Waals surface area (Å²) in [6.07, 6.45) is 1.49. The van der Waals surface area contributed by atoms with Crippen molar-refractivity contribution < 1.29 is 14.7 Å². The molecule has 3 N–H and O–H groups in total. The lowest BCUT2D eigenvalue weighted by Crippen LogP contribution is -2.16. The summed E-state index contributed by atoms with van der Waals surface area (Å²) in [5.74, 6) is -1.40. The SMILES string of the molecule is Cc1[nH]cc(NC(=O)c2cc(I)cc(I)c2I)c1C(=O)O. The number of amides is 1. The van der Waals surface area contributed by atoms with Gasteiger partial charge in [0.05, 0.1) is 11.3 Å². The maximum atomic E-state index is 12.4. The van der Waals surface area contributed by atoms with Crippen molar-refractivity contribution in [2.24, 2.45) is 0 Å². The number of benzene rings is 1. The van der Waals surface area contributed by atoms with E-state index in [-0.39, 0.29) is 17.2 Å². The number of rotatable bonds is 3. The fraction of sp³-hybridized carbons (Fsp3) is 0.0769. The first-order chi connectivity index (χ1) is 9.81. The number of halogens is 3. The summed E-state index contributed by atoms with van der Waals surface area (Å²) in [7, 11) is 0. The molecule has 2 rings (SSSR count). The molecule has 5 nitrogen and oxygen atoms in total. The number of carboxylic acid groups (broad SMARTS) is 1. The fourth-order valence-corrected chi connectivity index (χ4v) is 4.21. The highest BCUT2D eigenvalue weighted by Crippen LogP contribution is 2.25. The number of aromatic amines is 1. The van der Waals surface area contributed by atoms with Crippen LogP contribution in [0.3, 0.4) is 0 Å². The molecule has 0 fully saturated rings. The Balaban J connectivity index is 2.38. The number of anilines is 1. The predicted octanol–water partition coefficient (Wildman–Crippen LogP) is 4.09. The third kappa shape index (κ3) is 3.70. The van der Waals surface area contributed by atoms with E-state index in [0.717, 1.165) is 10.7 Å². The zero-order valence-electron chi connectivity index (χ0n) is 10.6. The second-order valence-corrected chi connectivity index (χ2v) is 7.70. The van der Waals surface area contributed by atoms with Gasteiger partial charge in [-0.1, -0.05) is 0 Å². The zero-order valence-corrected chi connectivity index (χ0v) is 17.1. The molecule has 0 unspecified atom stereocenters. The van der Waals surface area contributed by atoms with Crippen LogP contribution < -0.4 is 5.32 Å². The first kappa shape index (κ1) is 17.0. The molecule has 0 aliphatic carbocycles. The summed E-state index contributed by atoms with van der Waals surface area (Å²) in [6, 6.07) is 3.75. The van der Waals surface area contributed by atoms with Crippen LogP contribution in [0.1, 0.15) is 26.4 Å². The van der Waals surface area contributed by atoms with E-state index in [1.54, 1.807) is 13.0 Å². The Bertz CT molecular complexity index is 741. The number of aromatic nitrogens is 1. The lowest BCUT2D eigenvalue weighted by molar-refractivity contribution is 0.0697. The Morgan fingerprint density at radius 3 is 2.52 bits per heavy atom. The molecule has 0 spiro atoms. The van der Waals surface area contributed by atoms with Gasteiger partial charge in [0.15, 0.2) is 0 Å². The maximum Gasteiger partial charge on any atom is 0.339 e. The molecule has 0 radical (unpaired) electrons. The number of aryl methyl sites for hydroxylation is 1. The Hall–Kier alpha value is -0.370. The van der Waals surface area contributed by atoms with Crippen LogP contribution in [0, 0.1) is 17.6 Å². The zero-order chi connectivity index (χ0) is 15.7. The van der Waals surface area contributed by atoms with E-state index in [1.165, 1.54) is 6.20 Å².